The zero-order valence-corrected chi connectivity index (χ0v) is 19.0. The minimum Gasteiger partial charge on any atom is -0.444 e. The second kappa shape index (κ2) is 9.02. The number of amides is 1. The van der Waals surface area contributed by atoms with Crippen molar-refractivity contribution >= 4 is 28.6 Å². The van der Waals surface area contributed by atoms with Gasteiger partial charge >= 0.3 is 11.7 Å². The molecule has 12 heteroatoms. The standard InChI is InChI=1S/C23H22N8O4/c1-15(32)35-14-29-19-12-25-21(17-11-26-30-10-3-2-6-18(17)30)27-22(19)31(23(29)34)16-5-4-9-28(13-16)20(33)7-8-24/h2-3,6,10-12,16H,4-5,7,9,13-14H2,1H3/t16-/m0/s1. The van der Waals surface area contributed by atoms with E-state index >= 15 is 0 Å². The number of pyridine rings is 1. The molecule has 35 heavy (non-hydrogen) atoms. The minimum atomic E-state index is -0.521. The average Bonchev–Trinajstić information content (AvgIpc) is 3.41. The molecule has 0 radical (unpaired) electrons. The van der Waals surface area contributed by atoms with Gasteiger partial charge in [0.15, 0.2) is 18.2 Å². The highest BCUT2D eigenvalue weighted by Gasteiger charge is 2.29. The van der Waals surface area contributed by atoms with Gasteiger partial charge < -0.3 is 9.64 Å². The number of ether oxygens (including phenoxy) is 1. The highest BCUT2D eigenvalue weighted by Crippen LogP contribution is 2.27. The summed E-state index contributed by atoms with van der Waals surface area (Å²) in [6.45, 7) is 1.80. The van der Waals surface area contributed by atoms with E-state index in [9.17, 15) is 14.4 Å². The molecule has 0 unspecified atom stereocenters. The summed E-state index contributed by atoms with van der Waals surface area (Å²) in [6, 6.07) is 7.18. The molecule has 4 aromatic rings. The number of nitrogens with zero attached hydrogens (tertiary/aromatic N) is 8. The van der Waals surface area contributed by atoms with Crippen LogP contribution in [-0.4, -0.2) is 58.6 Å². The van der Waals surface area contributed by atoms with Crippen LogP contribution in [0.25, 0.3) is 28.1 Å². The van der Waals surface area contributed by atoms with E-state index in [0.717, 1.165) is 5.52 Å². The van der Waals surface area contributed by atoms with Gasteiger partial charge in [-0.2, -0.15) is 10.4 Å². The summed E-state index contributed by atoms with van der Waals surface area (Å²) in [6.07, 6.45) is 6.13. The molecule has 1 saturated heterocycles. The number of fused-ring (bicyclic) bond motifs is 2. The van der Waals surface area contributed by atoms with E-state index in [-0.39, 0.29) is 31.6 Å². The zero-order chi connectivity index (χ0) is 24.5. The summed E-state index contributed by atoms with van der Waals surface area (Å²) in [5.74, 6) is -0.395. The molecule has 0 bridgehead atoms. The monoisotopic (exact) mass is 474 g/mol. The fourth-order valence-corrected chi connectivity index (χ4v) is 4.48. The molecule has 1 aliphatic rings. The quantitative estimate of drug-likeness (QED) is 0.396. The fourth-order valence-electron chi connectivity index (χ4n) is 4.48. The third kappa shape index (κ3) is 4.01. The van der Waals surface area contributed by atoms with Crippen molar-refractivity contribution in [2.75, 3.05) is 13.1 Å². The maximum Gasteiger partial charge on any atom is 0.333 e. The molecule has 4 aromatic heterocycles. The van der Waals surface area contributed by atoms with E-state index in [2.05, 4.69) is 10.1 Å². The molecule has 0 spiro atoms. The number of likely N-dealkylation sites (tertiary alicyclic amines) is 1. The largest absolute Gasteiger partial charge is 0.444 e. The summed E-state index contributed by atoms with van der Waals surface area (Å²) in [5.41, 5.74) is 1.89. The third-order valence-electron chi connectivity index (χ3n) is 6.11. The Morgan fingerprint density at radius 2 is 2.11 bits per heavy atom. The zero-order valence-electron chi connectivity index (χ0n) is 19.0. The predicted octanol–water partition coefficient (Wildman–Crippen LogP) is 1.51. The number of carbonyl (C=O) groups is 2. The maximum atomic E-state index is 13.5. The van der Waals surface area contributed by atoms with E-state index in [1.807, 2.05) is 30.5 Å². The smallest absolute Gasteiger partial charge is 0.333 e. The van der Waals surface area contributed by atoms with Crippen LogP contribution in [0, 0.1) is 11.3 Å². The molecule has 0 N–H and O–H groups in total. The van der Waals surface area contributed by atoms with Crippen molar-refractivity contribution in [3.63, 3.8) is 0 Å². The fraction of sp³-hybridized carbons (Fsp3) is 0.348. The van der Waals surface area contributed by atoms with Gasteiger partial charge in [-0.1, -0.05) is 6.07 Å². The Labute approximate surface area is 199 Å². The Kier molecular flexibility index (Phi) is 5.74. The van der Waals surface area contributed by atoms with E-state index < -0.39 is 11.7 Å². The second-order valence-corrected chi connectivity index (χ2v) is 8.31. The van der Waals surface area contributed by atoms with E-state index in [0.29, 0.717) is 41.9 Å². The van der Waals surface area contributed by atoms with Gasteiger partial charge in [0.2, 0.25) is 5.91 Å². The number of piperidine rings is 1. The van der Waals surface area contributed by atoms with Crippen molar-refractivity contribution in [1.29, 1.82) is 5.26 Å². The van der Waals surface area contributed by atoms with E-state index in [4.69, 9.17) is 15.0 Å². The number of hydrogen-bond donors (Lipinski definition) is 0. The number of rotatable bonds is 5. The first-order valence-electron chi connectivity index (χ1n) is 11.2. The summed E-state index contributed by atoms with van der Waals surface area (Å²) in [5, 5.41) is 13.3. The van der Waals surface area contributed by atoms with Crippen molar-refractivity contribution in [3.05, 3.63) is 47.3 Å². The first-order chi connectivity index (χ1) is 17.0. The maximum absolute atomic E-state index is 13.5. The molecule has 1 atom stereocenters. The number of hydrogen-bond acceptors (Lipinski definition) is 8. The van der Waals surface area contributed by atoms with Gasteiger partial charge in [0, 0.05) is 26.2 Å². The highest BCUT2D eigenvalue weighted by atomic mass is 16.5. The summed E-state index contributed by atoms with van der Waals surface area (Å²) in [7, 11) is 0. The molecule has 5 heterocycles. The third-order valence-corrected chi connectivity index (χ3v) is 6.11. The Morgan fingerprint density at radius 3 is 2.91 bits per heavy atom. The van der Waals surface area contributed by atoms with Crippen LogP contribution in [-0.2, 0) is 21.1 Å². The molecule has 0 aromatic carbocycles. The van der Waals surface area contributed by atoms with Gasteiger partial charge in [0.05, 0.1) is 35.6 Å². The van der Waals surface area contributed by atoms with Gasteiger partial charge in [0.25, 0.3) is 0 Å². The van der Waals surface area contributed by atoms with E-state index in [1.54, 1.807) is 20.2 Å². The van der Waals surface area contributed by atoms with Crippen molar-refractivity contribution < 1.29 is 14.3 Å². The SMILES string of the molecule is CC(=O)OCn1c(=O)n([C@H]2CCCN(C(=O)CC#N)C2)c2nc(-c3cnn4ccccc34)ncc21. The van der Waals surface area contributed by atoms with Crippen molar-refractivity contribution in [1.82, 2.24) is 33.6 Å². The predicted molar refractivity (Wildman–Crippen MR) is 123 cm³/mol. The Morgan fingerprint density at radius 1 is 1.26 bits per heavy atom. The second-order valence-electron chi connectivity index (χ2n) is 8.31. The first kappa shape index (κ1) is 22.3. The molecule has 1 aliphatic heterocycles. The molecular weight excluding hydrogens is 452 g/mol. The molecular formula is C23H22N8O4. The Bertz CT molecular complexity index is 1540. The lowest BCUT2D eigenvalue weighted by atomic mass is 10.1. The number of aromatic nitrogens is 6. The molecule has 1 fully saturated rings. The molecule has 5 rings (SSSR count). The summed E-state index contributed by atoms with van der Waals surface area (Å²) < 4.78 is 9.68. The summed E-state index contributed by atoms with van der Waals surface area (Å²) >= 11 is 0. The highest BCUT2D eigenvalue weighted by molar-refractivity contribution is 5.80. The lowest BCUT2D eigenvalue weighted by molar-refractivity contribution is -0.144. The molecule has 0 saturated carbocycles. The van der Waals surface area contributed by atoms with Gasteiger partial charge in [-0.05, 0) is 25.0 Å². The molecule has 178 valence electrons. The van der Waals surface area contributed by atoms with Crippen LogP contribution >= 0.6 is 0 Å². The Balaban J connectivity index is 1.63. The first-order valence-corrected chi connectivity index (χ1v) is 11.2. The Hall–Kier alpha value is -4.53. The molecule has 0 aliphatic carbocycles. The average molecular weight is 474 g/mol. The van der Waals surface area contributed by atoms with Crippen LogP contribution < -0.4 is 5.69 Å². The van der Waals surface area contributed by atoms with Crippen LogP contribution in [0.4, 0.5) is 0 Å². The van der Waals surface area contributed by atoms with Gasteiger partial charge in [0.1, 0.15) is 11.9 Å². The van der Waals surface area contributed by atoms with Crippen LogP contribution in [0.3, 0.4) is 0 Å². The van der Waals surface area contributed by atoms with Gasteiger partial charge in [-0.15, -0.1) is 0 Å². The van der Waals surface area contributed by atoms with Crippen LogP contribution in [0.2, 0.25) is 0 Å². The normalized spacial score (nSPS) is 15.9. The number of esters is 1. The number of imidazole rings is 1. The van der Waals surface area contributed by atoms with Crippen LogP contribution in [0.1, 0.15) is 32.2 Å². The summed E-state index contributed by atoms with van der Waals surface area (Å²) in [4.78, 5) is 48.1. The molecule has 12 nitrogen and oxygen atoms in total. The van der Waals surface area contributed by atoms with E-state index in [1.165, 1.54) is 17.7 Å². The lowest BCUT2D eigenvalue weighted by Crippen LogP contribution is -2.43. The van der Waals surface area contributed by atoms with Crippen molar-refractivity contribution in [3.8, 4) is 17.5 Å². The van der Waals surface area contributed by atoms with Crippen molar-refractivity contribution in [2.45, 2.75) is 39.0 Å². The van der Waals surface area contributed by atoms with Crippen molar-refractivity contribution in [2.24, 2.45) is 0 Å². The van der Waals surface area contributed by atoms with Crippen LogP contribution in [0.15, 0.2) is 41.6 Å². The topological polar surface area (TPSA) is 140 Å². The molecule has 1 amide bonds. The lowest BCUT2D eigenvalue weighted by Gasteiger charge is -2.32. The number of carbonyl (C=O) groups excluding carboxylic acids is 2. The van der Waals surface area contributed by atoms with Gasteiger partial charge in [-0.3, -0.25) is 18.7 Å². The van der Waals surface area contributed by atoms with Crippen LogP contribution in [0.5, 0.6) is 0 Å². The number of nitriles is 1. The van der Waals surface area contributed by atoms with Gasteiger partial charge in [-0.25, -0.2) is 19.3 Å². The minimum absolute atomic E-state index is 0.211.